The van der Waals surface area contributed by atoms with E-state index in [-0.39, 0.29) is 29.8 Å². The Bertz CT molecular complexity index is 336. The number of nitrogens with zero attached hydrogens (tertiary/aromatic N) is 1. The van der Waals surface area contributed by atoms with Gasteiger partial charge in [0.25, 0.3) is 0 Å². The molecule has 0 heterocycles. The molecule has 0 bridgehead atoms. The molecule has 0 spiro atoms. The van der Waals surface area contributed by atoms with Gasteiger partial charge in [-0.05, 0) is 38.6 Å². The molecule has 5 nitrogen and oxygen atoms in total. The fourth-order valence-electron chi connectivity index (χ4n) is 2.88. The molecule has 0 unspecified atom stereocenters. The fourth-order valence-corrected chi connectivity index (χ4v) is 2.88. The Morgan fingerprint density at radius 1 is 1.25 bits per heavy atom. The normalized spacial score (nSPS) is 17.9. The number of amides is 2. The Hall–Kier alpha value is -1.10. The number of rotatable bonds is 6. The molecule has 0 atom stereocenters. The number of hydrogen-bond donors (Lipinski definition) is 2. The summed E-state index contributed by atoms with van der Waals surface area (Å²) in [5, 5.41) is 2.80. The zero-order valence-electron chi connectivity index (χ0n) is 13.1. The summed E-state index contributed by atoms with van der Waals surface area (Å²) in [4.78, 5) is 25.5. The predicted octanol–water partition coefficient (Wildman–Crippen LogP) is 1.27. The summed E-state index contributed by atoms with van der Waals surface area (Å²) in [6.45, 7) is 4.50. The molecule has 20 heavy (non-hydrogen) atoms. The van der Waals surface area contributed by atoms with Crippen molar-refractivity contribution >= 4 is 11.8 Å². The Labute approximate surface area is 122 Å². The highest BCUT2D eigenvalue weighted by Crippen LogP contribution is 2.38. The first kappa shape index (κ1) is 17.0. The molecule has 5 heteroatoms. The zero-order valence-corrected chi connectivity index (χ0v) is 13.1. The summed E-state index contributed by atoms with van der Waals surface area (Å²) in [6, 6.07) is 0.0970. The molecule has 0 aromatic carbocycles. The molecule has 0 saturated heterocycles. The van der Waals surface area contributed by atoms with Crippen molar-refractivity contribution in [3.63, 3.8) is 0 Å². The summed E-state index contributed by atoms with van der Waals surface area (Å²) in [5.41, 5.74) is 5.86. The van der Waals surface area contributed by atoms with Crippen LogP contribution in [-0.2, 0) is 9.59 Å². The third kappa shape index (κ3) is 5.12. The highest BCUT2D eigenvalue weighted by Gasteiger charge is 2.34. The standard InChI is InChI=1S/C15H29N3O2/c1-12(2)17-13(19)10-18(3)14(20)9-15(11-16)7-5-4-6-8-15/h12H,4-11,16H2,1-3H3,(H,17,19). The van der Waals surface area contributed by atoms with Crippen molar-refractivity contribution in [1.82, 2.24) is 10.2 Å². The van der Waals surface area contributed by atoms with Crippen LogP contribution >= 0.6 is 0 Å². The number of likely N-dealkylation sites (N-methyl/N-ethyl adjacent to an activating group) is 1. The third-order valence-electron chi connectivity index (χ3n) is 4.13. The van der Waals surface area contributed by atoms with Gasteiger partial charge in [0, 0.05) is 19.5 Å². The zero-order chi connectivity index (χ0) is 15.2. The summed E-state index contributed by atoms with van der Waals surface area (Å²) >= 11 is 0. The quantitative estimate of drug-likeness (QED) is 0.771. The van der Waals surface area contributed by atoms with E-state index in [4.69, 9.17) is 5.73 Å². The van der Waals surface area contributed by atoms with Crippen molar-refractivity contribution in [3.8, 4) is 0 Å². The van der Waals surface area contributed by atoms with Gasteiger partial charge in [0.05, 0.1) is 6.54 Å². The van der Waals surface area contributed by atoms with E-state index in [0.29, 0.717) is 13.0 Å². The van der Waals surface area contributed by atoms with Crippen LogP contribution in [0.1, 0.15) is 52.4 Å². The lowest BCUT2D eigenvalue weighted by Gasteiger charge is -2.36. The highest BCUT2D eigenvalue weighted by molar-refractivity contribution is 5.85. The second kappa shape index (κ2) is 7.62. The lowest BCUT2D eigenvalue weighted by molar-refractivity contribution is -0.137. The summed E-state index contributed by atoms with van der Waals surface area (Å²) in [5.74, 6) is -0.0856. The van der Waals surface area contributed by atoms with Crippen LogP contribution in [0.5, 0.6) is 0 Å². The SMILES string of the molecule is CC(C)NC(=O)CN(C)C(=O)CC1(CN)CCCCC1. The number of nitrogens with one attached hydrogen (secondary N) is 1. The van der Waals surface area contributed by atoms with Gasteiger partial charge in [0.15, 0.2) is 0 Å². The minimum atomic E-state index is -0.110. The van der Waals surface area contributed by atoms with Gasteiger partial charge in [0.2, 0.25) is 11.8 Å². The summed E-state index contributed by atoms with van der Waals surface area (Å²) < 4.78 is 0. The molecule has 0 aromatic heterocycles. The predicted molar refractivity (Wildman–Crippen MR) is 80.1 cm³/mol. The van der Waals surface area contributed by atoms with Gasteiger partial charge in [-0.15, -0.1) is 0 Å². The van der Waals surface area contributed by atoms with E-state index in [1.54, 1.807) is 7.05 Å². The van der Waals surface area contributed by atoms with Crippen LogP contribution in [0.4, 0.5) is 0 Å². The largest absolute Gasteiger partial charge is 0.352 e. The second-order valence-electron chi connectivity index (χ2n) is 6.41. The lowest BCUT2D eigenvalue weighted by atomic mass is 9.71. The molecule has 2 amide bonds. The maximum atomic E-state index is 12.3. The van der Waals surface area contributed by atoms with Gasteiger partial charge in [-0.3, -0.25) is 9.59 Å². The number of hydrogen-bond acceptors (Lipinski definition) is 3. The van der Waals surface area contributed by atoms with Crippen molar-refractivity contribution < 1.29 is 9.59 Å². The van der Waals surface area contributed by atoms with Crippen LogP contribution in [-0.4, -0.2) is 42.9 Å². The fraction of sp³-hybridized carbons (Fsp3) is 0.867. The van der Waals surface area contributed by atoms with Crippen LogP contribution in [0.2, 0.25) is 0 Å². The molecule has 1 fully saturated rings. The Morgan fingerprint density at radius 3 is 2.35 bits per heavy atom. The van der Waals surface area contributed by atoms with E-state index in [1.165, 1.54) is 11.3 Å². The molecular formula is C15H29N3O2. The third-order valence-corrected chi connectivity index (χ3v) is 4.13. The number of carbonyl (C=O) groups excluding carboxylic acids is 2. The molecule has 1 aliphatic rings. The minimum absolute atomic E-state index is 0.0243. The molecule has 1 rings (SSSR count). The van der Waals surface area contributed by atoms with Crippen LogP contribution < -0.4 is 11.1 Å². The summed E-state index contributed by atoms with van der Waals surface area (Å²) in [7, 11) is 1.69. The van der Waals surface area contributed by atoms with Crippen LogP contribution in [0.3, 0.4) is 0 Å². The van der Waals surface area contributed by atoms with Crippen molar-refractivity contribution in [1.29, 1.82) is 0 Å². The number of nitrogens with two attached hydrogens (primary N) is 1. The Kier molecular flexibility index (Phi) is 6.46. The van der Waals surface area contributed by atoms with E-state index < -0.39 is 0 Å². The smallest absolute Gasteiger partial charge is 0.239 e. The lowest BCUT2D eigenvalue weighted by Crippen LogP contribution is -2.44. The Balaban J connectivity index is 2.49. The van der Waals surface area contributed by atoms with Gasteiger partial charge in [-0.25, -0.2) is 0 Å². The molecule has 0 radical (unpaired) electrons. The van der Waals surface area contributed by atoms with E-state index in [0.717, 1.165) is 25.7 Å². The van der Waals surface area contributed by atoms with Crippen LogP contribution in [0.15, 0.2) is 0 Å². The first-order valence-corrected chi connectivity index (χ1v) is 7.62. The second-order valence-corrected chi connectivity index (χ2v) is 6.41. The highest BCUT2D eigenvalue weighted by atomic mass is 16.2. The van der Waals surface area contributed by atoms with E-state index in [1.807, 2.05) is 13.8 Å². The van der Waals surface area contributed by atoms with Gasteiger partial charge < -0.3 is 16.0 Å². The number of carbonyl (C=O) groups is 2. The minimum Gasteiger partial charge on any atom is -0.352 e. The van der Waals surface area contributed by atoms with E-state index in [2.05, 4.69) is 5.32 Å². The molecule has 3 N–H and O–H groups in total. The van der Waals surface area contributed by atoms with Gasteiger partial charge in [-0.2, -0.15) is 0 Å². The van der Waals surface area contributed by atoms with Crippen molar-refractivity contribution in [2.45, 2.75) is 58.4 Å². The molecular weight excluding hydrogens is 254 g/mol. The average molecular weight is 283 g/mol. The van der Waals surface area contributed by atoms with Gasteiger partial charge >= 0.3 is 0 Å². The van der Waals surface area contributed by atoms with Crippen molar-refractivity contribution in [3.05, 3.63) is 0 Å². The molecule has 0 aliphatic heterocycles. The van der Waals surface area contributed by atoms with Crippen molar-refractivity contribution in [2.75, 3.05) is 20.1 Å². The van der Waals surface area contributed by atoms with E-state index >= 15 is 0 Å². The van der Waals surface area contributed by atoms with Gasteiger partial charge in [-0.1, -0.05) is 19.3 Å². The molecule has 1 saturated carbocycles. The molecule has 1 aliphatic carbocycles. The van der Waals surface area contributed by atoms with Crippen LogP contribution in [0, 0.1) is 5.41 Å². The van der Waals surface area contributed by atoms with E-state index in [9.17, 15) is 9.59 Å². The maximum Gasteiger partial charge on any atom is 0.239 e. The summed E-state index contributed by atoms with van der Waals surface area (Å²) in [6.07, 6.45) is 6.07. The molecule has 0 aromatic rings. The molecule has 116 valence electrons. The topological polar surface area (TPSA) is 75.4 Å². The van der Waals surface area contributed by atoms with Crippen molar-refractivity contribution in [2.24, 2.45) is 11.1 Å². The average Bonchev–Trinajstić information content (AvgIpc) is 2.38. The van der Waals surface area contributed by atoms with Gasteiger partial charge in [0.1, 0.15) is 0 Å². The first-order valence-electron chi connectivity index (χ1n) is 7.62. The Morgan fingerprint density at radius 2 is 1.85 bits per heavy atom. The monoisotopic (exact) mass is 283 g/mol. The van der Waals surface area contributed by atoms with Crippen LogP contribution in [0.25, 0.3) is 0 Å². The maximum absolute atomic E-state index is 12.3. The first-order chi connectivity index (χ1) is 9.38.